The van der Waals surface area contributed by atoms with E-state index in [4.69, 9.17) is 5.21 Å². The lowest BCUT2D eigenvalue weighted by molar-refractivity contribution is 0.0200. The minimum absolute atomic E-state index is 0.172. The molecule has 0 unspecified atom stereocenters. The van der Waals surface area contributed by atoms with Gasteiger partial charge in [0.1, 0.15) is 6.34 Å². The van der Waals surface area contributed by atoms with Gasteiger partial charge in [-0.15, -0.1) is 0 Å². The fraction of sp³-hybridized carbons (Fsp3) is 0.286. The minimum Gasteiger partial charge on any atom is -0.291 e. The van der Waals surface area contributed by atoms with Crippen LogP contribution in [-0.4, -0.2) is 33.6 Å². The van der Waals surface area contributed by atoms with Crippen molar-refractivity contribution in [2.24, 2.45) is 4.99 Å². The van der Waals surface area contributed by atoms with Gasteiger partial charge in [-0.2, -0.15) is 0 Å². The second kappa shape index (κ2) is 3.81. The summed E-state index contributed by atoms with van der Waals surface area (Å²) >= 11 is 0. The second-order valence-electron chi connectivity index (χ2n) is 2.53. The largest absolute Gasteiger partial charge is 0.291 e. The van der Waals surface area contributed by atoms with Gasteiger partial charge in [0.05, 0.1) is 0 Å². The molecule has 0 aromatic carbocycles. The summed E-state index contributed by atoms with van der Waals surface area (Å²) < 4.78 is 0. The molecular formula is C7H10N4O2. The van der Waals surface area contributed by atoms with E-state index in [0.29, 0.717) is 5.69 Å². The van der Waals surface area contributed by atoms with Crippen molar-refractivity contribution in [1.29, 1.82) is 0 Å². The van der Waals surface area contributed by atoms with Gasteiger partial charge in [-0.3, -0.25) is 15.0 Å². The van der Waals surface area contributed by atoms with Crippen molar-refractivity contribution >= 4 is 12.3 Å². The number of aliphatic imine (C=N–C) groups is 1. The highest BCUT2D eigenvalue weighted by Gasteiger charge is 1.94. The SMILES string of the molecule is Cc1cc(=O)[nH]c(/N=C/N(C)O)n1. The van der Waals surface area contributed by atoms with Gasteiger partial charge in [-0.05, 0) is 6.92 Å². The molecule has 1 rings (SSSR count). The third-order valence-electron chi connectivity index (χ3n) is 1.20. The van der Waals surface area contributed by atoms with Crippen LogP contribution in [0.1, 0.15) is 5.69 Å². The average Bonchev–Trinajstić information content (AvgIpc) is 1.99. The number of hydroxylamine groups is 2. The molecule has 0 aliphatic carbocycles. The zero-order valence-corrected chi connectivity index (χ0v) is 7.35. The molecule has 6 heteroatoms. The Hall–Kier alpha value is -1.69. The molecule has 70 valence electrons. The van der Waals surface area contributed by atoms with Crippen LogP contribution in [0.4, 0.5) is 5.95 Å². The van der Waals surface area contributed by atoms with E-state index in [1.165, 1.54) is 13.1 Å². The van der Waals surface area contributed by atoms with Gasteiger partial charge in [0, 0.05) is 18.8 Å². The monoisotopic (exact) mass is 182 g/mol. The van der Waals surface area contributed by atoms with Crippen LogP contribution >= 0.6 is 0 Å². The van der Waals surface area contributed by atoms with Gasteiger partial charge < -0.3 is 0 Å². The van der Waals surface area contributed by atoms with E-state index in [1.54, 1.807) is 6.92 Å². The topological polar surface area (TPSA) is 81.6 Å². The van der Waals surface area contributed by atoms with Crippen LogP contribution in [0.2, 0.25) is 0 Å². The molecule has 0 aliphatic heterocycles. The fourth-order valence-electron chi connectivity index (χ4n) is 0.763. The lowest BCUT2D eigenvalue weighted by atomic mass is 10.5. The van der Waals surface area contributed by atoms with E-state index in [9.17, 15) is 4.79 Å². The molecule has 0 aliphatic rings. The van der Waals surface area contributed by atoms with E-state index in [0.717, 1.165) is 11.4 Å². The first-order chi connectivity index (χ1) is 6.08. The summed E-state index contributed by atoms with van der Waals surface area (Å²) in [4.78, 5) is 20.9. The Kier molecular flexibility index (Phi) is 2.76. The molecule has 6 nitrogen and oxygen atoms in total. The molecular weight excluding hydrogens is 172 g/mol. The van der Waals surface area contributed by atoms with Crippen molar-refractivity contribution in [2.45, 2.75) is 6.92 Å². The van der Waals surface area contributed by atoms with Crippen LogP contribution < -0.4 is 5.56 Å². The number of hydrogen-bond donors (Lipinski definition) is 2. The predicted octanol–water partition coefficient (Wildman–Crippen LogP) is 0.0591. The maximum Gasteiger partial charge on any atom is 0.252 e. The minimum atomic E-state index is -0.264. The molecule has 0 bridgehead atoms. The van der Waals surface area contributed by atoms with Crippen LogP contribution in [0, 0.1) is 6.92 Å². The summed E-state index contributed by atoms with van der Waals surface area (Å²) in [7, 11) is 1.40. The normalized spacial score (nSPS) is 10.7. The number of aromatic amines is 1. The quantitative estimate of drug-likeness (QED) is 0.385. The van der Waals surface area contributed by atoms with Gasteiger partial charge >= 0.3 is 0 Å². The Morgan fingerprint density at radius 1 is 1.77 bits per heavy atom. The molecule has 0 spiro atoms. The van der Waals surface area contributed by atoms with Crippen molar-refractivity contribution in [3.63, 3.8) is 0 Å². The lowest BCUT2D eigenvalue weighted by Crippen LogP contribution is -2.10. The number of rotatable bonds is 2. The molecule has 1 aromatic rings. The van der Waals surface area contributed by atoms with Crippen molar-refractivity contribution < 1.29 is 5.21 Å². The Morgan fingerprint density at radius 3 is 3.00 bits per heavy atom. The number of nitrogens with zero attached hydrogens (tertiary/aromatic N) is 3. The van der Waals surface area contributed by atoms with Gasteiger partial charge in [0.15, 0.2) is 0 Å². The molecule has 0 atom stereocenters. The zero-order valence-electron chi connectivity index (χ0n) is 7.35. The Labute approximate surface area is 74.5 Å². The Balaban J connectivity index is 2.96. The van der Waals surface area contributed by atoms with Gasteiger partial charge in [-0.25, -0.2) is 15.0 Å². The number of H-pyrrole nitrogens is 1. The van der Waals surface area contributed by atoms with E-state index in [1.807, 2.05) is 0 Å². The van der Waals surface area contributed by atoms with Crippen molar-refractivity contribution in [3.05, 3.63) is 22.1 Å². The predicted molar refractivity (Wildman–Crippen MR) is 47.3 cm³/mol. The highest BCUT2D eigenvalue weighted by atomic mass is 16.5. The summed E-state index contributed by atoms with van der Waals surface area (Å²) in [6, 6.07) is 1.36. The molecule has 1 heterocycles. The van der Waals surface area contributed by atoms with Gasteiger partial charge in [0.25, 0.3) is 5.56 Å². The van der Waals surface area contributed by atoms with Crippen LogP contribution in [0.15, 0.2) is 15.9 Å². The van der Waals surface area contributed by atoms with E-state index in [-0.39, 0.29) is 11.5 Å². The lowest BCUT2D eigenvalue weighted by Gasteiger charge is -1.99. The standard InChI is InChI=1S/C7H10N4O2/c1-5-3-6(12)10-7(9-5)8-4-11(2)13/h3-4,13H,1-2H3,(H,9,10,12)/b8-4+. The van der Waals surface area contributed by atoms with E-state index in [2.05, 4.69) is 15.0 Å². The van der Waals surface area contributed by atoms with Crippen molar-refractivity contribution in [2.75, 3.05) is 7.05 Å². The fourth-order valence-corrected chi connectivity index (χ4v) is 0.763. The van der Waals surface area contributed by atoms with Crippen molar-refractivity contribution in [1.82, 2.24) is 15.0 Å². The molecule has 0 radical (unpaired) electrons. The number of aromatic nitrogens is 2. The summed E-state index contributed by atoms with van der Waals surface area (Å²) in [5.41, 5.74) is 0.316. The molecule has 0 fully saturated rings. The zero-order chi connectivity index (χ0) is 9.84. The van der Waals surface area contributed by atoms with Crippen LogP contribution in [0.25, 0.3) is 0 Å². The highest BCUT2D eigenvalue weighted by molar-refractivity contribution is 5.56. The summed E-state index contributed by atoms with van der Waals surface area (Å²) in [5, 5.41) is 9.48. The molecule has 13 heavy (non-hydrogen) atoms. The van der Waals surface area contributed by atoms with E-state index < -0.39 is 0 Å². The number of aryl methyl sites for hydroxylation is 1. The molecule has 2 N–H and O–H groups in total. The van der Waals surface area contributed by atoms with Crippen LogP contribution in [0.3, 0.4) is 0 Å². The molecule has 1 aromatic heterocycles. The third kappa shape index (κ3) is 3.04. The van der Waals surface area contributed by atoms with Crippen LogP contribution in [-0.2, 0) is 0 Å². The maximum absolute atomic E-state index is 10.9. The van der Waals surface area contributed by atoms with Crippen molar-refractivity contribution in [3.8, 4) is 0 Å². The summed E-state index contributed by atoms with van der Waals surface area (Å²) in [6.07, 6.45) is 1.14. The maximum atomic E-state index is 10.9. The third-order valence-corrected chi connectivity index (χ3v) is 1.20. The van der Waals surface area contributed by atoms with Gasteiger partial charge in [-0.1, -0.05) is 0 Å². The summed E-state index contributed by atoms with van der Waals surface area (Å²) in [6.45, 7) is 1.69. The first-order valence-electron chi connectivity index (χ1n) is 3.62. The summed E-state index contributed by atoms with van der Waals surface area (Å²) in [5.74, 6) is 0.172. The average molecular weight is 182 g/mol. The number of nitrogens with one attached hydrogen (secondary N) is 1. The highest BCUT2D eigenvalue weighted by Crippen LogP contribution is 1.98. The van der Waals surface area contributed by atoms with E-state index >= 15 is 0 Å². The van der Waals surface area contributed by atoms with Gasteiger partial charge in [0.2, 0.25) is 5.95 Å². The smallest absolute Gasteiger partial charge is 0.252 e. The Morgan fingerprint density at radius 2 is 2.46 bits per heavy atom. The molecule has 0 amide bonds. The first-order valence-corrected chi connectivity index (χ1v) is 3.62. The first kappa shape index (κ1) is 9.40. The number of hydrogen-bond acceptors (Lipinski definition) is 4. The van der Waals surface area contributed by atoms with Crippen LogP contribution in [0.5, 0.6) is 0 Å². The molecule has 0 saturated heterocycles. The molecule has 0 saturated carbocycles. The second-order valence-corrected chi connectivity index (χ2v) is 2.53. The Bertz CT molecular complexity index is 369.